The van der Waals surface area contributed by atoms with Crippen LogP contribution in [-0.4, -0.2) is 24.5 Å². The van der Waals surface area contributed by atoms with E-state index in [1.54, 1.807) is 6.92 Å². The maximum Gasteiger partial charge on any atom is 0.318 e. The first kappa shape index (κ1) is 13.9. The summed E-state index contributed by atoms with van der Waals surface area (Å²) in [5, 5.41) is 5.11. The van der Waals surface area contributed by atoms with Gasteiger partial charge in [-0.05, 0) is 19.4 Å². The molecule has 0 aliphatic rings. The van der Waals surface area contributed by atoms with Crippen LogP contribution in [0.25, 0.3) is 0 Å². The summed E-state index contributed by atoms with van der Waals surface area (Å²) in [5.41, 5.74) is 4.84. The summed E-state index contributed by atoms with van der Waals surface area (Å²) in [6.07, 6.45) is 2.15. The van der Waals surface area contributed by atoms with Gasteiger partial charge in [-0.25, -0.2) is 4.79 Å². The molecule has 5 nitrogen and oxygen atoms in total. The van der Waals surface area contributed by atoms with Crippen LogP contribution in [0.1, 0.15) is 33.6 Å². The van der Waals surface area contributed by atoms with Crippen molar-refractivity contribution < 1.29 is 9.59 Å². The molecular weight excluding hydrogens is 194 g/mol. The summed E-state index contributed by atoms with van der Waals surface area (Å²) in [6, 6.07) is -1.20. The van der Waals surface area contributed by atoms with E-state index in [-0.39, 0.29) is 5.91 Å². The van der Waals surface area contributed by atoms with E-state index in [2.05, 4.69) is 19.2 Å². The first-order valence-electron chi connectivity index (χ1n) is 5.34. The minimum absolute atomic E-state index is 0.381. The molecule has 1 atom stereocenters. The predicted octanol–water partition coefficient (Wildman–Crippen LogP) is 0.596. The molecule has 0 aromatic carbocycles. The van der Waals surface area contributed by atoms with E-state index < -0.39 is 12.1 Å². The number of nitrogens with one attached hydrogen (secondary N) is 2. The number of urea groups is 1. The Hall–Kier alpha value is -1.10. The van der Waals surface area contributed by atoms with Crippen LogP contribution in [0, 0.1) is 5.92 Å². The first-order valence-corrected chi connectivity index (χ1v) is 5.34. The monoisotopic (exact) mass is 215 g/mol. The van der Waals surface area contributed by atoms with E-state index in [1.807, 2.05) is 5.32 Å². The van der Waals surface area contributed by atoms with Gasteiger partial charge in [0.2, 0.25) is 5.91 Å². The van der Waals surface area contributed by atoms with Crippen LogP contribution in [0.15, 0.2) is 0 Å². The Kier molecular flexibility index (Phi) is 6.70. The number of imide groups is 1. The third kappa shape index (κ3) is 6.06. The summed E-state index contributed by atoms with van der Waals surface area (Å²) in [4.78, 5) is 21.7. The van der Waals surface area contributed by atoms with Crippen molar-refractivity contribution in [3.8, 4) is 0 Å². The van der Waals surface area contributed by atoms with Crippen molar-refractivity contribution in [3.05, 3.63) is 0 Å². The zero-order valence-corrected chi connectivity index (χ0v) is 9.67. The van der Waals surface area contributed by atoms with Crippen molar-refractivity contribution in [2.45, 2.75) is 39.7 Å². The lowest BCUT2D eigenvalue weighted by Gasteiger charge is -2.17. The van der Waals surface area contributed by atoms with Gasteiger partial charge in [-0.3, -0.25) is 10.1 Å². The molecule has 0 aromatic heterocycles. The molecular formula is C10H21N3O2. The minimum atomic E-state index is -0.809. The Morgan fingerprint density at radius 2 is 1.80 bits per heavy atom. The maximum atomic E-state index is 11.3. The van der Waals surface area contributed by atoms with E-state index in [9.17, 15) is 9.59 Å². The van der Waals surface area contributed by atoms with Crippen molar-refractivity contribution in [2.24, 2.45) is 11.7 Å². The molecule has 0 aliphatic heterocycles. The van der Waals surface area contributed by atoms with Crippen LogP contribution in [0.3, 0.4) is 0 Å². The standard InChI is InChI=1S/C10H21N3O2/c1-4-8(5-2)6-12-7(3)9(14)13-10(11)15/h7-8,12H,4-6H2,1-3H3,(H3,11,13,14,15). The molecule has 1 unspecified atom stereocenters. The molecule has 3 amide bonds. The average molecular weight is 215 g/mol. The summed E-state index contributed by atoms with van der Waals surface area (Å²) < 4.78 is 0. The highest BCUT2D eigenvalue weighted by molar-refractivity contribution is 5.96. The lowest BCUT2D eigenvalue weighted by atomic mass is 10.0. The first-order chi connectivity index (χ1) is 7.01. The van der Waals surface area contributed by atoms with Gasteiger partial charge in [0.05, 0.1) is 6.04 Å². The second-order valence-corrected chi connectivity index (χ2v) is 3.67. The van der Waals surface area contributed by atoms with Crippen molar-refractivity contribution in [3.63, 3.8) is 0 Å². The summed E-state index contributed by atoms with van der Waals surface area (Å²) in [7, 11) is 0. The molecule has 0 aromatic rings. The smallest absolute Gasteiger partial charge is 0.318 e. The van der Waals surface area contributed by atoms with Gasteiger partial charge in [0, 0.05) is 0 Å². The SMILES string of the molecule is CCC(CC)CNC(C)C(=O)NC(N)=O. The fourth-order valence-electron chi connectivity index (χ4n) is 1.24. The highest BCUT2D eigenvalue weighted by Gasteiger charge is 2.14. The van der Waals surface area contributed by atoms with Gasteiger partial charge in [0.15, 0.2) is 0 Å². The largest absolute Gasteiger partial charge is 0.351 e. The van der Waals surface area contributed by atoms with Gasteiger partial charge in [-0.2, -0.15) is 0 Å². The van der Waals surface area contributed by atoms with Crippen LogP contribution in [-0.2, 0) is 4.79 Å². The molecule has 0 saturated carbocycles. The normalized spacial score (nSPS) is 12.5. The number of hydrogen-bond donors (Lipinski definition) is 3. The number of nitrogens with two attached hydrogens (primary N) is 1. The molecule has 0 heterocycles. The fraction of sp³-hybridized carbons (Fsp3) is 0.800. The van der Waals surface area contributed by atoms with Crippen LogP contribution in [0.4, 0.5) is 4.79 Å². The molecule has 88 valence electrons. The van der Waals surface area contributed by atoms with Gasteiger partial charge in [-0.15, -0.1) is 0 Å². The molecule has 0 aliphatic carbocycles. The molecule has 0 fully saturated rings. The molecule has 0 bridgehead atoms. The lowest BCUT2D eigenvalue weighted by molar-refractivity contribution is -0.121. The van der Waals surface area contributed by atoms with Crippen molar-refractivity contribution in [1.29, 1.82) is 0 Å². The molecule has 4 N–H and O–H groups in total. The Morgan fingerprint density at radius 3 is 2.20 bits per heavy atom. The van der Waals surface area contributed by atoms with Crippen LogP contribution in [0.2, 0.25) is 0 Å². The maximum absolute atomic E-state index is 11.3. The zero-order chi connectivity index (χ0) is 11.8. The lowest BCUT2D eigenvalue weighted by Crippen LogP contribution is -2.47. The van der Waals surface area contributed by atoms with Crippen LogP contribution in [0.5, 0.6) is 0 Å². The zero-order valence-electron chi connectivity index (χ0n) is 9.67. The highest BCUT2D eigenvalue weighted by atomic mass is 16.2. The second kappa shape index (κ2) is 7.23. The summed E-state index contributed by atoms with van der Waals surface area (Å²) in [5.74, 6) is 0.183. The Morgan fingerprint density at radius 1 is 1.27 bits per heavy atom. The number of rotatable bonds is 6. The molecule has 0 radical (unpaired) electrons. The fourth-order valence-corrected chi connectivity index (χ4v) is 1.24. The predicted molar refractivity (Wildman–Crippen MR) is 59.3 cm³/mol. The number of primary amides is 1. The number of hydrogen-bond acceptors (Lipinski definition) is 3. The molecule has 0 spiro atoms. The third-order valence-corrected chi connectivity index (χ3v) is 2.51. The number of amides is 3. The topological polar surface area (TPSA) is 84.2 Å². The molecule has 0 rings (SSSR count). The average Bonchev–Trinajstić information content (AvgIpc) is 2.18. The third-order valence-electron chi connectivity index (χ3n) is 2.51. The van der Waals surface area contributed by atoms with E-state index in [0.29, 0.717) is 5.92 Å². The molecule has 5 heteroatoms. The van der Waals surface area contributed by atoms with Gasteiger partial charge < -0.3 is 11.1 Å². The van der Waals surface area contributed by atoms with Crippen molar-refractivity contribution in [2.75, 3.05) is 6.54 Å². The van der Waals surface area contributed by atoms with Crippen molar-refractivity contribution in [1.82, 2.24) is 10.6 Å². The van der Waals surface area contributed by atoms with Crippen LogP contribution < -0.4 is 16.4 Å². The quantitative estimate of drug-likeness (QED) is 0.606. The Labute approximate surface area is 90.8 Å². The second-order valence-electron chi connectivity index (χ2n) is 3.67. The summed E-state index contributed by atoms with van der Waals surface area (Å²) in [6.45, 7) is 6.72. The van der Waals surface area contributed by atoms with Crippen LogP contribution >= 0.6 is 0 Å². The van der Waals surface area contributed by atoms with E-state index in [0.717, 1.165) is 19.4 Å². The van der Waals surface area contributed by atoms with E-state index in [4.69, 9.17) is 5.73 Å². The van der Waals surface area contributed by atoms with Gasteiger partial charge in [0.1, 0.15) is 0 Å². The van der Waals surface area contributed by atoms with Gasteiger partial charge >= 0.3 is 6.03 Å². The molecule has 15 heavy (non-hydrogen) atoms. The van der Waals surface area contributed by atoms with E-state index >= 15 is 0 Å². The molecule has 0 saturated heterocycles. The van der Waals surface area contributed by atoms with E-state index in [1.165, 1.54) is 0 Å². The Balaban J connectivity index is 3.86. The summed E-state index contributed by atoms with van der Waals surface area (Å²) >= 11 is 0. The van der Waals surface area contributed by atoms with Gasteiger partial charge in [0.25, 0.3) is 0 Å². The van der Waals surface area contributed by atoms with Gasteiger partial charge in [-0.1, -0.05) is 26.7 Å². The minimum Gasteiger partial charge on any atom is -0.351 e. The van der Waals surface area contributed by atoms with Crippen molar-refractivity contribution >= 4 is 11.9 Å². The number of carbonyl (C=O) groups excluding carboxylic acids is 2. The number of carbonyl (C=O) groups is 2. The Bertz CT molecular complexity index is 215. The highest BCUT2D eigenvalue weighted by Crippen LogP contribution is 2.05.